The molecule has 6 heteroatoms. The molecule has 20 heavy (non-hydrogen) atoms. The van der Waals surface area contributed by atoms with Gasteiger partial charge in [0.1, 0.15) is 0 Å². The van der Waals surface area contributed by atoms with Gasteiger partial charge in [-0.2, -0.15) is 0 Å². The monoisotopic (exact) mass is 369 g/mol. The number of hydrogen-bond donors (Lipinski definition) is 0. The van der Waals surface area contributed by atoms with Crippen LogP contribution in [-0.4, -0.2) is 12.4 Å². The minimum Gasteiger partial charge on any atom is -0.240 e. The fraction of sp³-hybridized carbons (Fsp3) is 0. The van der Waals surface area contributed by atoms with Crippen molar-refractivity contribution in [2.75, 3.05) is 0 Å². The molecule has 0 bridgehead atoms. The van der Waals surface area contributed by atoms with Crippen molar-refractivity contribution in [3.05, 3.63) is 64.2 Å². The normalized spacial score (nSPS) is 11.9. The maximum atomic E-state index is 12.7. The fourth-order valence-electron chi connectivity index (χ4n) is 2.04. The van der Waals surface area contributed by atoms with E-state index in [-0.39, 0.29) is 4.90 Å². The number of rotatable bonds is 2. The van der Waals surface area contributed by atoms with Crippen molar-refractivity contribution in [3.63, 3.8) is 0 Å². The van der Waals surface area contributed by atoms with Crippen LogP contribution in [0.2, 0.25) is 5.02 Å². The number of fused-ring (bicyclic) bond motifs is 1. The van der Waals surface area contributed by atoms with Gasteiger partial charge in [0.25, 0.3) is 10.0 Å². The molecule has 0 aliphatic heterocycles. The van der Waals surface area contributed by atoms with E-state index in [2.05, 4.69) is 15.9 Å². The van der Waals surface area contributed by atoms with E-state index in [9.17, 15) is 8.42 Å². The molecule has 102 valence electrons. The third kappa shape index (κ3) is 2.06. The lowest BCUT2D eigenvalue weighted by molar-refractivity contribution is 0.589. The summed E-state index contributed by atoms with van der Waals surface area (Å²) in [7, 11) is -3.65. The maximum absolute atomic E-state index is 12.7. The Balaban J connectivity index is 2.33. The van der Waals surface area contributed by atoms with E-state index in [1.807, 2.05) is 6.07 Å². The zero-order valence-corrected chi connectivity index (χ0v) is 13.3. The van der Waals surface area contributed by atoms with E-state index < -0.39 is 10.0 Å². The van der Waals surface area contributed by atoms with Crippen molar-refractivity contribution >= 4 is 48.5 Å². The largest absolute Gasteiger partial charge is 0.268 e. The van der Waals surface area contributed by atoms with E-state index in [0.717, 1.165) is 5.39 Å². The van der Waals surface area contributed by atoms with E-state index in [0.29, 0.717) is 15.0 Å². The summed E-state index contributed by atoms with van der Waals surface area (Å²) in [6, 6.07) is 13.6. The van der Waals surface area contributed by atoms with Crippen LogP contribution in [0.5, 0.6) is 0 Å². The molecule has 2 aromatic carbocycles. The topological polar surface area (TPSA) is 39.1 Å². The van der Waals surface area contributed by atoms with Crippen molar-refractivity contribution in [2.45, 2.75) is 4.90 Å². The first-order chi connectivity index (χ1) is 9.51. The number of halogens is 2. The highest BCUT2D eigenvalue weighted by Gasteiger charge is 2.20. The molecule has 3 nitrogen and oxygen atoms in total. The Hall–Kier alpha value is -1.30. The third-order valence-electron chi connectivity index (χ3n) is 3.01. The highest BCUT2D eigenvalue weighted by Crippen LogP contribution is 2.33. The Kier molecular flexibility index (Phi) is 3.36. The van der Waals surface area contributed by atoms with Gasteiger partial charge in [0, 0.05) is 16.1 Å². The molecule has 0 radical (unpaired) electrons. The summed E-state index contributed by atoms with van der Waals surface area (Å²) in [6.45, 7) is 0. The van der Waals surface area contributed by atoms with Crippen molar-refractivity contribution in [2.24, 2.45) is 0 Å². The first-order valence-corrected chi connectivity index (χ1v) is 8.38. The van der Waals surface area contributed by atoms with Crippen LogP contribution >= 0.6 is 27.5 Å². The van der Waals surface area contributed by atoms with Crippen molar-refractivity contribution in [1.29, 1.82) is 0 Å². The van der Waals surface area contributed by atoms with Gasteiger partial charge in [0.15, 0.2) is 0 Å². The smallest absolute Gasteiger partial charge is 0.240 e. The van der Waals surface area contributed by atoms with E-state index in [1.54, 1.807) is 42.5 Å². The second-order valence-corrected chi connectivity index (χ2v) is 7.28. The maximum Gasteiger partial charge on any atom is 0.268 e. The predicted octanol–water partition coefficient (Wildman–Crippen LogP) is 4.29. The number of benzene rings is 2. The van der Waals surface area contributed by atoms with Gasteiger partial charge >= 0.3 is 0 Å². The molecule has 0 aliphatic rings. The molecule has 3 rings (SSSR count). The van der Waals surface area contributed by atoms with Gasteiger partial charge in [0.05, 0.1) is 15.4 Å². The predicted molar refractivity (Wildman–Crippen MR) is 83.7 cm³/mol. The molecule has 0 spiro atoms. The Morgan fingerprint density at radius 2 is 1.70 bits per heavy atom. The third-order valence-corrected chi connectivity index (χ3v) is 5.97. The lowest BCUT2D eigenvalue weighted by Gasteiger charge is -2.09. The Labute approximate surface area is 130 Å². The molecule has 1 heterocycles. The number of nitrogens with zero attached hydrogens (tertiary/aromatic N) is 1. The van der Waals surface area contributed by atoms with E-state index in [1.165, 1.54) is 10.2 Å². The van der Waals surface area contributed by atoms with Crippen molar-refractivity contribution in [1.82, 2.24) is 3.97 Å². The van der Waals surface area contributed by atoms with Crippen molar-refractivity contribution in [3.8, 4) is 0 Å². The van der Waals surface area contributed by atoms with Crippen LogP contribution in [0.1, 0.15) is 0 Å². The summed E-state index contributed by atoms with van der Waals surface area (Å²) in [5.41, 5.74) is 0.477. The quantitative estimate of drug-likeness (QED) is 0.675. The molecule has 3 aromatic rings. The highest BCUT2D eigenvalue weighted by molar-refractivity contribution is 9.10. The van der Waals surface area contributed by atoms with Gasteiger partial charge in [-0.3, -0.25) is 0 Å². The second-order valence-electron chi connectivity index (χ2n) is 4.23. The Morgan fingerprint density at radius 1 is 1.00 bits per heavy atom. The van der Waals surface area contributed by atoms with Gasteiger partial charge < -0.3 is 0 Å². The first-order valence-electron chi connectivity index (χ1n) is 5.77. The van der Waals surface area contributed by atoms with Gasteiger partial charge in [-0.05, 0) is 40.2 Å². The summed E-state index contributed by atoms with van der Waals surface area (Å²) in [5, 5.41) is 1.16. The van der Waals surface area contributed by atoms with Gasteiger partial charge in [-0.25, -0.2) is 12.4 Å². The number of hydrogen-bond acceptors (Lipinski definition) is 2. The summed E-state index contributed by atoms with van der Waals surface area (Å²) in [6.07, 6.45) is 1.52. The first kappa shape index (κ1) is 13.7. The average molecular weight is 371 g/mol. The number of aromatic nitrogens is 1. The molecular weight excluding hydrogens is 362 g/mol. The lowest BCUT2D eigenvalue weighted by Crippen LogP contribution is -2.11. The molecule has 0 saturated carbocycles. The molecular formula is C14H9BrClNO2S. The zero-order chi connectivity index (χ0) is 14.3. The summed E-state index contributed by atoms with van der Waals surface area (Å²) in [5.74, 6) is 0. The van der Waals surface area contributed by atoms with Gasteiger partial charge in [0.2, 0.25) is 0 Å². The van der Waals surface area contributed by atoms with Crippen molar-refractivity contribution < 1.29 is 8.42 Å². The summed E-state index contributed by atoms with van der Waals surface area (Å²) in [4.78, 5) is 0.230. The Bertz CT molecular complexity index is 888. The SMILES string of the molecule is O=S(=O)(c1ccccc1)n1ccc2ccc(Br)c(Cl)c21. The molecule has 0 aliphatic carbocycles. The van der Waals surface area contributed by atoms with Gasteiger partial charge in [-0.15, -0.1) is 0 Å². The molecule has 0 N–H and O–H groups in total. The van der Waals surface area contributed by atoms with Crippen LogP contribution in [-0.2, 0) is 10.0 Å². The molecule has 0 saturated heterocycles. The second kappa shape index (κ2) is 4.91. The van der Waals surface area contributed by atoms with Crippen LogP contribution in [0.4, 0.5) is 0 Å². The van der Waals surface area contributed by atoms with Crippen LogP contribution < -0.4 is 0 Å². The van der Waals surface area contributed by atoms with Crippen LogP contribution in [0, 0.1) is 0 Å². The molecule has 1 aromatic heterocycles. The molecule has 0 fully saturated rings. The standard InChI is InChI=1S/C14H9BrClNO2S/c15-12-7-6-10-8-9-17(14(10)13(12)16)20(18,19)11-4-2-1-3-5-11/h1-9H. The van der Waals surface area contributed by atoms with E-state index >= 15 is 0 Å². The van der Waals surface area contributed by atoms with Crippen LogP contribution in [0.25, 0.3) is 10.9 Å². The molecule has 0 amide bonds. The average Bonchev–Trinajstić information content (AvgIpc) is 2.89. The van der Waals surface area contributed by atoms with Crippen LogP contribution in [0.15, 0.2) is 64.1 Å². The van der Waals surface area contributed by atoms with Crippen LogP contribution in [0.3, 0.4) is 0 Å². The summed E-state index contributed by atoms with van der Waals surface area (Å²) < 4.78 is 27.2. The molecule has 0 atom stereocenters. The highest BCUT2D eigenvalue weighted by atomic mass is 79.9. The fourth-order valence-corrected chi connectivity index (χ4v) is 4.06. The minimum absolute atomic E-state index is 0.230. The molecule has 0 unspecified atom stereocenters. The summed E-state index contributed by atoms with van der Waals surface area (Å²) >= 11 is 9.55. The Morgan fingerprint density at radius 3 is 2.40 bits per heavy atom. The minimum atomic E-state index is -3.65. The van der Waals surface area contributed by atoms with Gasteiger partial charge in [-0.1, -0.05) is 35.9 Å². The lowest BCUT2D eigenvalue weighted by atomic mass is 10.2. The van der Waals surface area contributed by atoms with E-state index in [4.69, 9.17) is 11.6 Å². The zero-order valence-electron chi connectivity index (χ0n) is 10.1.